The average molecular weight is 188 g/mol. The van der Waals surface area contributed by atoms with Gasteiger partial charge < -0.3 is 16.2 Å². The van der Waals surface area contributed by atoms with Crippen LogP contribution in [0.5, 0.6) is 0 Å². The summed E-state index contributed by atoms with van der Waals surface area (Å²) in [6.07, 6.45) is 0.479. The van der Waals surface area contributed by atoms with E-state index in [9.17, 15) is 9.59 Å². The van der Waals surface area contributed by atoms with Crippen LogP contribution in [0.2, 0.25) is 0 Å². The van der Waals surface area contributed by atoms with Gasteiger partial charge >= 0.3 is 11.9 Å². The van der Waals surface area contributed by atoms with Gasteiger partial charge in [0.15, 0.2) is 0 Å². The molecule has 0 aliphatic rings. The molecule has 0 saturated carbocycles. The van der Waals surface area contributed by atoms with Gasteiger partial charge in [-0.2, -0.15) is 0 Å². The number of carbonyl (C=O) groups is 2. The first-order valence-corrected chi connectivity index (χ1v) is 4.23. The molecule has 0 amide bonds. The molecule has 4 N–H and O–H groups in total. The van der Waals surface area contributed by atoms with Crippen LogP contribution in [0.25, 0.3) is 0 Å². The van der Waals surface area contributed by atoms with Gasteiger partial charge in [-0.15, -0.1) is 0 Å². The predicted octanol–water partition coefficient (Wildman–Crippen LogP) is -0.469. The van der Waals surface area contributed by atoms with Gasteiger partial charge in [0, 0.05) is 6.04 Å². The number of rotatable bonds is 4. The highest BCUT2D eigenvalue weighted by Gasteiger charge is 2.17. The molecule has 2 atom stereocenters. The van der Waals surface area contributed by atoms with E-state index in [2.05, 4.69) is 4.74 Å². The summed E-state index contributed by atoms with van der Waals surface area (Å²) in [5, 5.41) is 0. The van der Waals surface area contributed by atoms with Crippen LogP contribution in [0.3, 0.4) is 0 Å². The van der Waals surface area contributed by atoms with Gasteiger partial charge in [0.05, 0.1) is 6.42 Å². The minimum Gasteiger partial charge on any atom is -0.392 e. The van der Waals surface area contributed by atoms with Crippen LogP contribution in [0.4, 0.5) is 0 Å². The number of carbonyl (C=O) groups excluding carboxylic acids is 2. The third-order valence-electron chi connectivity index (χ3n) is 1.45. The maximum Gasteiger partial charge on any atom is 0.330 e. The van der Waals surface area contributed by atoms with E-state index in [4.69, 9.17) is 11.5 Å². The molecule has 0 aliphatic carbocycles. The highest BCUT2D eigenvalue weighted by Crippen LogP contribution is 1.95. The second-order valence-electron chi connectivity index (χ2n) is 2.99. The molecule has 5 heteroatoms. The van der Waals surface area contributed by atoms with Crippen LogP contribution in [-0.4, -0.2) is 24.0 Å². The quantitative estimate of drug-likeness (QED) is 0.459. The fraction of sp³-hybridized carbons (Fsp3) is 0.750. The zero-order valence-electron chi connectivity index (χ0n) is 7.95. The van der Waals surface area contributed by atoms with Crippen molar-refractivity contribution >= 4 is 11.9 Å². The van der Waals surface area contributed by atoms with Crippen LogP contribution in [-0.2, 0) is 14.3 Å². The molecule has 0 aliphatic heterocycles. The van der Waals surface area contributed by atoms with Crippen LogP contribution < -0.4 is 11.5 Å². The molecular weight excluding hydrogens is 172 g/mol. The summed E-state index contributed by atoms with van der Waals surface area (Å²) in [5.41, 5.74) is 10.7. The van der Waals surface area contributed by atoms with Crippen molar-refractivity contribution in [3.8, 4) is 0 Å². The second kappa shape index (κ2) is 5.66. The molecule has 0 aromatic rings. The minimum absolute atomic E-state index is 0.0299. The molecule has 0 saturated heterocycles. The van der Waals surface area contributed by atoms with Crippen molar-refractivity contribution in [3.05, 3.63) is 0 Å². The summed E-state index contributed by atoms with van der Waals surface area (Å²) in [5.74, 6) is -1.31. The van der Waals surface area contributed by atoms with E-state index in [1.807, 2.05) is 0 Å². The highest BCUT2D eigenvalue weighted by atomic mass is 16.6. The van der Waals surface area contributed by atoms with Crippen LogP contribution >= 0.6 is 0 Å². The second-order valence-corrected chi connectivity index (χ2v) is 2.99. The molecule has 0 aromatic carbocycles. The Morgan fingerprint density at radius 3 is 2.31 bits per heavy atom. The van der Waals surface area contributed by atoms with E-state index < -0.39 is 18.0 Å². The summed E-state index contributed by atoms with van der Waals surface area (Å²) in [6.45, 7) is 3.40. The summed E-state index contributed by atoms with van der Waals surface area (Å²) >= 11 is 0. The number of hydrogen-bond donors (Lipinski definition) is 2. The van der Waals surface area contributed by atoms with Crippen molar-refractivity contribution in [2.75, 3.05) is 0 Å². The standard InChI is InChI=1S/C8H16N2O3/c1-3-6(10)8(12)13-7(11)4-5(2)9/h5-6H,3-4,9-10H2,1-2H3. The van der Waals surface area contributed by atoms with Gasteiger partial charge in [0.1, 0.15) is 6.04 Å². The lowest BCUT2D eigenvalue weighted by atomic mass is 10.2. The van der Waals surface area contributed by atoms with E-state index in [-0.39, 0.29) is 12.5 Å². The Hall–Kier alpha value is -0.940. The number of esters is 2. The average Bonchev–Trinajstić information content (AvgIpc) is 2.01. The predicted molar refractivity (Wildman–Crippen MR) is 47.6 cm³/mol. The zero-order chi connectivity index (χ0) is 10.4. The van der Waals surface area contributed by atoms with Gasteiger partial charge in [-0.25, -0.2) is 4.79 Å². The van der Waals surface area contributed by atoms with Crippen molar-refractivity contribution in [3.63, 3.8) is 0 Å². The SMILES string of the molecule is CCC(N)C(=O)OC(=O)CC(C)N. The normalized spacial score (nSPS) is 14.8. The molecule has 5 nitrogen and oxygen atoms in total. The molecule has 0 heterocycles. The molecule has 13 heavy (non-hydrogen) atoms. The van der Waals surface area contributed by atoms with Crippen molar-refractivity contribution in [1.82, 2.24) is 0 Å². The lowest BCUT2D eigenvalue weighted by Crippen LogP contribution is -2.34. The van der Waals surface area contributed by atoms with Crippen LogP contribution in [0, 0.1) is 0 Å². The third-order valence-corrected chi connectivity index (χ3v) is 1.45. The van der Waals surface area contributed by atoms with Crippen molar-refractivity contribution in [1.29, 1.82) is 0 Å². The molecule has 0 radical (unpaired) electrons. The fourth-order valence-electron chi connectivity index (χ4n) is 0.659. The monoisotopic (exact) mass is 188 g/mol. The molecule has 2 unspecified atom stereocenters. The molecule has 0 rings (SSSR count). The lowest BCUT2D eigenvalue weighted by Gasteiger charge is -2.08. The topological polar surface area (TPSA) is 95.4 Å². The summed E-state index contributed by atoms with van der Waals surface area (Å²) in [6, 6.07) is -1.03. The Bertz CT molecular complexity index is 192. The lowest BCUT2D eigenvalue weighted by molar-refractivity contribution is -0.160. The molecular formula is C8H16N2O3. The smallest absolute Gasteiger partial charge is 0.330 e. The largest absolute Gasteiger partial charge is 0.392 e. The van der Waals surface area contributed by atoms with E-state index in [1.165, 1.54) is 0 Å². The van der Waals surface area contributed by atoms with Gasteiger partial charge in [0.25, 0.3) is 0 Å². The highest BCUT2D eigenvalue weighted by molar-refractivity contribution is 5.88. The Labute approximate surface area is 77.4 Å². The first-order chi connectivity index (χ1) is 5.97. The van der Waals surface area contributed by atoms with E-state index in [1.54, 1.807) is 13.8 Å². The first kappa shape index (κ1) is 12.1. The van der Waals surface area contributed by atoms with E-state index in [0.717, 1.165) is 0 Å². The van der Waals surface area contributed by atoms with E-state index >= 15 is 0 Å². The summed E-state index contributed by atoms with van der Waals surface area (Å²) in [4.78, 5) is 21.9. The zero-order valence-corrected chi connectivity index (χ0v) is 7.95. The van der Waals surface area contributed by atoms with Gasteiger partial charge in [0.2, 0.25) is 0 Å². The Balaban J connectivity index is 3.85. The first-order valence-electron chi connectivity index (χ1n) is 4.23. The fourth-order valence-corrected chi connectivity index (χ4v) is 0.659. The van der Waals surface area contributed by atoms with Gasteiger partial charge in [-0.3, -0.25) is 4.79 Å². The summed E-state index contributed by atoms with van der Waals surface area (Å²) in [7, 11) is 0. The van der Waals surface area contributed by atoms with Gasteiger partial charge in [-0.05, 0) is 13.3 Å². The van der Waals surface area contributed by atoms with E-state index in [0.29, 0.717) is 6.42 Å². The van der Waals surface area contributed by atoms with Crippen LogP contribution in [0.15, 0.2) is 0 Å². The number of nitrogens with two attached hydrogens (primary N) is 2. The molecule has 0 bridgehead atoms. The Morgan fingerprint density at radius 1 is 1.38 bits per heavy atom. The van der Waals surface area contributed by atoms with Crippen molar-refractivity contribution in [2.45, 2.75) is 38.8 Å². The maximum absolute atomic E-state index is 11.0. The molecule has 0 aromatic heterocycles. The number of hydrogen-bond acceptors (Lipinski definition) is 5. The number of ether oxygens (including phenoxy) is 1. The minimum atomic E-state index is -0.725. The Morgan fingerprint density at radius 2 is 1.92 bits per heavy atom. The molecule has 76 valence electrons. The maximum atomic E-state index is 11.0. The molecule has 0 spiro atoms. The van der Waals surface area contributed by atoms with Crippen molar-refractivity contribution < 1.29 is 14.3 Å². The van der Waals surface area contributed by atoms with Crippen LogP contribution in [0.1, 0.15) is 26.7 Å². The van der Waals surface area contributed by atoms with Gasteiger partial charge in [-0.1, -0.05) is 6.92 Å². The Kier molecular flexibility index (Phi) is 5.25. The third kappa shape index (κ3) is 5.32. The summed E-state index contributed by atoms with van der Waals surface area (Å²) < 4.78 is 4.43. The van der Waals surface area contributed by atoms with Crippen molar-refractivity contribution in [2.24, 2.45) is 11.5 Å². The molecule has 0 fully saturated rings.